The summed E-state index contributed by atoms with van der Waals surface area (Å²) < 4.78 is 12.1. The van der Waals surface area contributed by atoms with Crippen molar-refractivity contribution in [3.8, 4) is 17.2 Å². The van der Waals surface area contributed by atoms with Gasteiger partial charge in [0.25, 0.3) is 5.22 Å². The Kier molecular flexibility index (Phi) is 4.99. The molecule has 0 atom stereocenters. The third-order valence-electron chi connectivity index (χ3n) is 3.00. The van der Waals surface area contributed by atoms with Crippen molar-refractivity contribution in [3.05, 3.63) is 57.7 Å². The lowest BCUT2D eigenvalue weighted by atomic mass is 10.2. The van der Waals surface area contributed by atoms with Gasteiger partial charge in [-0.05, 0) is 58.5 Å². The predicted octanol–water partition coefficient (Wildman–Crippen LogP) is 4.64. The number of nitrogens with zero attached hydrogens (tertiary/aromatic N) is 2. The summed E-state index contributed by atoms with van der Waals surface area (Å²) in [5.74, 6) is 2.07. The van der Waals surface area contributed by atoms with Crippen molar-refractivity contribution in [2.24, 2.45) is 0 Å². The molecule has 0 saturated carbocycles. The summed E-state index contributed by atoms with van der Waals surface area (Å²) in [6, 6.07) is 16.0. The number of benzene rings is 2. The number of hydrogen-bond acceptors (Lipinski definition) is 5. The Balaban J connectivity index is 1.69. The fourth-order valence-corrected chi connectivity index (χ4v) is 2.95. The monoisotopic (exact) mass is 424 g/mol. The summed E-state index contributed by atoms with van der Waals surface area (Å²) in [5, 5.41) is 8.74. The van der Waals surface area contributed by atoms with E-state index in [1.54, 1.807) is 7.11 Å². The molecule has 0 amide bonds. The van der Waals surface area contributed by atoms with Gasteiger partial charge < -0.3 is 9.15 Å². The molecule has 0 saturated heterocycles. The Hall–Kier alpha value is -1.54. The molecule has 0 N–H and O–H groups in total. The van der Waals surface area contributed by atoms with Crippen LogP contribution in [-0.2, 0) is 5.75 Å². The van der Waals surface area contributed by atoms with Crippen LogP contribution in [0.4, 0.5) is 0 Å². The van der Waals surface area contributed by atoms with E-state index in [4.69, 9.17) is 9.15 Å². The highest BCUT2D eigenvalue weighted by Crippen LogP contribution is 2.27. The van der Waals surface area contributed by atoms with Gasteiger partial charge in [-0.25, -0.2) is 0 Å². The highest BCUT2D eigenvalue weighted by Gasteiger charge is 2.10. The third-order valence-corrected chi connectivity index (χ3v) is 4.61. The molecule has 3 aromatic rings. The fourth-order valence-electron chi connectivity index (χ4n) is 1.87. The molecule has 0 aliphatic carbocycles. The van der Waals surface area contributed by atoms with Crippen LogP contribution in [0.2, 0.25) is 0 Å². The van der Waals surface area contributed by atoms with Gasteiger partial charge in [-0.2, -0.15) is 0 Å². The first-order valence-corrected chi connectivity index (χ1v) is 8.66. The summed E-state index contributed by atoms with van der Waals surface area (Å²) in [6.45, 7) is 0. The zero-order chi connectivity index (χ0) is 15.4. The lowest BCUT2D eigenvalue weighted by Crippen LogP contribution is -1.83. The van der Waals surface area contributed by atoms with E-state index in [1.807, 2.05) is 24.3 Å². The number of methoxy groups -OCH3 is 1. The average Bonchev–Trinajstić information content (AvgIpc) is 3.03. The van der Waals surface area contributed by atoms with Crippen molar-refractivity contribution >= 4 is 34.4 Å². The van der Waals surface area contributed by atoms with Gasteiger partial charge in [0.2, 0.25) is 5.89 Å². The number of ether oxygens (including phenoxy) is 1. The summed E-state index contributed by atoms with van der Waals surface area (Å²) in [6.07, 6.45) is 0. The van der Waals surface area contributed by atoms with Crippen molar-refractivity contribution in [2.75, 3.05) is 7.11 Å². The molecule has 0 fully saturated rings. The molecule has 0 bridgehead atoms. The van der Waals surface area contributed by atoms with E-state index in [9.17, 15) is 0 Å². The van der Waals surface area contributed by atoms with Crippen molar-refractivity contribution < 1.29 is 9.15 Å². The largest absolute Gasteiger partial charge is 0.497 e. The normalized spacial score (nSPS) is 10.6. The number of thioether (sulfide) groups is 1. The van der Waals surface area contributed by atoms with Gasteiger partial charge in [-0.1, -0.05) is 30.0 Å². The van der Waals surface area contributed by atoms with Crippen LogP contribution in [0.25, 0.3) is 11.5 Å². The molecule has 0 spiro atoms. The minimum absolute atomic E-state index is 0.504. The molecule has 2 aromatic carbocycles. The van der Waals surface area contributed by atoms with E-state index >= 15 is 0 Å². The molecule has 4 nitrogen and oxygen atoms in total. The van der Waals surface area contributed by atoms with E-state index in [-0.39, 0.29) is 0 Å². The van der Waals surface area contributed by atoms with Crippen molar-refractivity contribution in [1.82, 2.24) is 10.2 Å². The topological polar surface area (TPSA) is 48.2 Å². The lowest BCUT2D eigenvalue weighted by molar-refractivity contribution is 0.414. The van der Waals surface area contributed by atoms with Crippen LogP contribution in [0.1, 0.15) is 5.56 Å². The van der Waals surface area contributed by atoms with Gasteiger partial charge in [-0.15, -0.1) is 10.2 Å². The van der Waals surface area contributed by atoms with Gasteiger partial charge in [0.15, 0.2) is 0 Å². The maximum atomic E-state index is 5.70. The maximum absolute atomic E-state index is 5.70. The number of hydrogen-bond donors (Lipinski definition) is 0. The lowest BCUT2D eigenvalue weighted by Gasteiger charge is -2.00. The second kappa shape index (κ2) is 7.15. The number of halogens is 1. The molecule has 0 radical (unpaired) electrons. The van der Waals surface area contributed by atoms with Gasteiger partial charge in [0.1, 0.15) is 5.75 Å². The van der Waals surface area contributed by atoms with Crippen LogP contribution in [0, 0.1) is 3.57 Å². The van der Waals surface area contributed by atoms with Crippen molar-refractivity contribution in [1.29, 1.82) is 0 Å². The molecule has 0 aliphatic rings. The standard InChI is InChI=1S/C16H13IN2O2S/c1-20-14-4-2-3-12(9-14)15-18-19-16(21-15)22-10-11-5-7-13(17)8-6-11/h2-9H,10H2,1H3. The number of rotatable bonds is 5. The summed E-state index contributed by atoms with van der Waals surface area (Å²) in [5.41, 5.74) is 2.08. The molecular formula is C16H13IN2O2S. The van der Waals surface area contributed by atoms with Gasteiger partial charge in [0, 0.05) is 14.9 Å². The van der Waals surface area contributed by atoms with Gasteiger partial charge in [-0.3, -0.25) is 0 Å². The Labute approximate surface area is 146 Å². The van der Waals surface area contributed by atoms with Gasteiger partial charge in [0.05, 0.1) is 7.11 Å². The molecular weight excluding hydrogens is 411 g/mol. The third kappa shape index (κ3) is 3.80. The van der Waals surface area contributed by atoms with Crippen molar-refractivity contribution in [2.45, 2.75) is 11.0 Å². The maximum Gasteiger partial charge on any atom is 0.277 e. The molecule has 1 heterocycles. The molecule has 6 heteroatoms. The summed E-state index contributed by atoms with van der Waals surface area (Å²) in [4.78, 5) is 0. The van der Waals surface area contributed by atoms with E-state index in [1.165, 1.54) is 20.9 Å². The minimum atomic E-state index is 0.504. The van der Waals surface area contributed by atoms with E-state index in [2.05, 4.69) is 57.1 Å². The Morgan fingerprint density at radius 2 is 1.95 bits per heavy atom. The summed E-state index contributed by atoms with van der Waals surface area (Å²) >= 11 is 3.82. The van der Waals surface area contributed by atoms with Crippen molar-refractivity contribution in [3.63, 3.8) is 0 Å². The Morgan fingerprint density at radius 1 is 1.14 bits per heavy atom. The zero-order valence-electron chi connectivity index (χ0n) is 11.8. The van der Waals surface area contributed by atoms with Crippen LogP contribution in [0.3, 0.4) is 0 Å². The zero-order valence-corrected chi connectivity index (χ0v) is 14.8. The van der Waals surface area contributed by atoms with Crippen LogP contribution in [0.15, 0.2) is 58.2 Å². The molecule has 112 valence electrons. The Bertz CT molecular complexity index is 759. The fraction of sp³-hybridized carbons (Fsp3) is 0.125. The quantitative estimate of drug-likeness (QED) is 0.441. The highest BCUT2D eigenvalue weighted by molar-refractivity contribution is 14.1. The predicted molar refractivity (Wildman–Crippen MR) is 95.0 cm³/mol. The Morgan fingerprint density at radius 3 is 2.73 bits per heavy atom. The molecule has 3 rings (SSSR count). The van der Waals surface area contributed by atoms with Crippen LogP contribution < -0.4 is 4.74 Å². The molecule has 0 unspecified atom stereocenters. The second-order valence-electron chi connectivity index (χ2n) is 4.52. The first-order chi connectivity index (χ1) is 10.7. The smallest absolute Gasteiger partial charge is 0.277 e. The van der Waals surface area contributed by atoms with Gasteiger partial charge >= 0.3 is 0 Å². The minimum Gasteiger partial charge on any atom is -0.497 e. The second-order valence-corrected chi connectivity index (χ2v) is 6.69. The highest BCUT2D eigenvalue weighted by atomic mass is 127. The first-order valence-electron chi connectivity index (χ1n) is 6.60. The first kappa shape index (κ1) is 15.4. The average molecular weight is 424 g/mol. The SMILES string of the molecule is COc1cccc(-c2nnc(SCc3ccc(I)cc3)o2)c1. The van der Waals surface area contributed by atoms with E-state index < -0.39 is 0 Å². The summed E-state index contributed by atoms with van der Waals surface area (Å²) in [7, 11) is 1.63. The number of aromatic nitrogens is 2. The molecule has 0 aliphatic heterocycles. The van der Waals surface area contributed by atoms with E-state index in [0.29, 0.717) is 11.1 Å². The molecule has 22 heavy (non-hydrogen) atoms. The van der Waals surface area contributed by atoms with Crippen LogP contribution in [0.5, 0.6) is 5.75 Å². The molecule has 1 aromatic heterocycles. The van der Waals surface area contributed by atoms with Crippen LogP contribution in [-0.4, -0.2) is 17.3 Å². The van der Waals surface area contributed by atoms with Crippen LogP contribution >= 0.6 is 34.4 Å². The van der Waals surface area contributed by atoms with E-state index in [0.717, 1.165) is 17.1 Å².